The Labute approximate surface area is 120 Å². The van der Waals surface area contributed by atoms with Crippen LogP contribution in [-0.2, 0) is 9.53 Å². The van der Waals surface area contributed by atoms with Crippen molar-refractivity contribution < 1.29 is 27.4 Å². The molecule has 0 saturated heterocycles. The molecule has 0 heterocycles. The number of anilines is 1. The average molecular weight is 303 g/mol. The van der Waals surface area contributed by atoms with Crippen molar-refractivity contribution in [1.82, 2.24) is 0 Å². The number of alkyl halides is 3. The van der Waals surface area contributed by atoms with E-state index in [0.29, 0.717) is 11.8 Å². The highest BCUT2D eigenvalue weighted by atomic mass is 19.4. The molecule has 1 aromatic carbocycles. The standard InChI is InChI=1S/C14H16F3NO3/c1-9(2)21-13(19)8-12(14(15,16)17)18-10-4-6-11(20-3)7-5-10/h4-9,18H,1-3H3/b12-8-. The maximum absolute atomic E-state index is 12.9. The van der Waals surface area contributed by atoms with Gasteiger partial charge in [-0.05, 0) is 38.1 Å². The van der Waals surface area contributed by atoms with Gasteiger partial charge in [0.1, 0.15) is 11.4 Å². The monoisotopic (exact) mass is 303 g/mol. The molecule has 0 atom stereocenters. The number of ether oxygens (including phenoxy) is 2. The molecule has 7 heteroatoms. The van der Waals surface area contributed by atoms with Crippen LogP contribution >= 0.6 is 0 Å². The van der Waals surface area contributed by atoms with Crippen molar-refractivity contribution >= 4 is 11.7 Å². The maximum atomic E-state index is 12.9. The van der Waals surface area contributed by atoms with Gasteiger partial charge in [-0.1, -0.05) is 0 Å². The van der Waals surface area contributed by atoms with E-state index >= 15 is 0 Å². The van der Waals surface area contributed by atoms with Gasteiger partial charge < -0.3 is 14.8 Å². The molecule has 0 unspecified atom stereocenters. The van der Waals surface area contributed by atoms with Crippen LogP contribution in [0.1, 0.15) is 13.8 Å². The van der Waals surface area contributed by atoms with Crippen LogP contribution in [0.5, 0.6) is 5.75 Å². The van der Waals surface area contributed by atoms with Crippen LogP contribution in [0, 0.1) is 0 Å². The van der Waals surface area contributed by atoms with Crippen molar-refractivity contribution in [3.63, 3.8) is 0 Å². The zero-order valence-electron chi connectivity index (χ0n) is 11.8. The Bertz CT molecular complexity index is 507. The van der Waals surface area contributed by atoms with Crippen LogP contribution in [0.4, 0.5) is 18.9 Å². The second-order valence-corrected chi connectivity index (χ2v) is 4.39. The first kappa shape index (κ1) is 16.9. The van der Waals surface area contributed by atoms with Gasteiger partial charge in [0.25, 0.3) is 0 Å². The highest BCUT2D eigenvalue weighted by molar-refractivity contribution is 5.84. The molecule has 0 radical (unpaired) electrons. The molecule has 0 aromatic heterocycles. The van der Waals surface area contributed by atoms with E-state index in [9.17, 15) is 18.0 Å². The third-order valence-electron chi connectivity index (χ3n) is 2.29. The zero-order chi connectivity index (χ0) is 16.0. The van der Waals surface area contributed by atoms with Gasteiger partial charge in [0.2, 0.25) is 0 Å². The van der Waals surface area contributed by atoms with Gasteiger partial charge in [-0.3, -0.25) is 0 Å². The third-order valence-corrected chi connectivity index (χ3v) is 2.29. The highest BCUT2D eigenvalue weighted by Gasteiger charge is 2.35. The molecule has 1 N–H and O–H groups in total. The predicted octanol–water partition coefficient (Wildman–Crippen LogP) is 3.50. The molecular formula is C14H16F3NO3. The van der Waals surface area contributed by atoms with Gasteiger partial charge in [0.05, 0.1) is 19.3 Å². The minimum Gasteiger partial charge on any atom is -0.497 e. The Morgan fingerprint density at radius 2 is 1.81 bits per heavy atom. The molecule has 1 aromatic rings. The minimum absolute atomic E-state index is 0.178. The lowest BCUT2D eigenvalue weighted by Gasteiger charge is -2.15. The van der Waals surface area contributed by atoms with Crippen molar-refractivity contribution in [2.24, 2.45) is 0 Å². The summed E-state index contributed by atoms with van der Waals surface area (Å²) >= 11 is 0. The number of hydrogen-bond donors (Lipinski definition) is 1. The van der Waals surface area contributed by atoms with E-state index in [2.05, 4.69) is 10.1 Å². The molecule has 0 aliphatic heterocycles. The van der Waals surface area contributed by atoms with E-state index in [1.165, 1.54) is 31.4 Å². The molecule has 1 rings (SSSR count). The van der Waals surface area contributed by atoms with Crippen molar-refractivity contribution in [2.45, 2.75) is 26.1 Å². The lowest BCUT2D eigenvalue weighted by molar-refractivity contribution is -0.142. The lowest BCUT2D eigenvalue weighted by Crippen LogP contribution is -2.21. The zero-order valence-corrected chi connectivity index (χ0v) is 11.8. The van der Waals surface area contributed by atoms with E-state index in [1.807, 2.05) is 0 Å². The van der Waals surface area contributed by atoms with Crippen molar-refractivity contribution in [3.8, 4) is 5.75 Å². The Kier molecular flexibility index (Phi) is 5.63. The van der Waals surface area contributed by atoms with E-state index in [-0.39, 0.29) is 5.69 Å². The normalized spacial score (nSPS) is 12.2. The fraction of sp³-hybridized carbons (Fsp3) is 0.357. The summed E-state index contributed by atoms with van der Waals surface area (Å²) in [4.78, 5) is 11.3. The van der Waals surface area contributed by atoms with Gasteiger partial charge in [0, 0.05) is 5.69 Å². The second-order valence-electron chi connectivity index (χ2n) is 4.39. The van der Waals surface area contributed by atoms with E-state index in [4.69, 9.17) is 4.74 Å². The summed E-state index contributed by atoms with van der Waals surface area (Å²) in [5.74, 6) is -0.546. The number of carbonyl (C=O) groups excluding carboxylic acids is 1. The fourth-order valence-corrected chi connectivity index (χ4v) is 1.40. The Balaban J connectivity index is 2.93. The van der Waals surface area contributed by atoms with E-state index in [1.54, 1.807) is 13.8 Å². The summed E-state index contributed by atoms with van der Waals surface area (Å²) in [6.45, 7) is 3.10. The molecule has 21 heavy (non-hydrogen) atoms. The number of allylic oxidation sites excluding steroid dienone is 1. The molecule has 0 fully saturated rings. The molecule has 0 bridgehead atoms. The van der Waals surface area contributed by atoms with Crippen LogP contribution in [0.25, 0.3) is 0 Å². The first-order valence-electron chi connectivity index (χ1n) is 6.13. The first-order chi connectivity index (χ1) is 9.72. The van der Waals surface area contributed by atoms with Gasteiger partial charge >= 0.3 is 12.1 Å². The summed E-state index contributed by atoms with van der Waals surface area (Å²) in [6.07, 6.45) is -4.80. The number of carbonyl (C=O) groups is 1. The molecule has 116 valence electrons. The third kappa shape index (κ3) is 5.76. The number of halogens is 3. The van der Waals surface area contributed by atoms with Crippen molar-refractivity contribution in [2.75, 3.05) is 12.4 Å². The Morgan fingerprint density at radius 1 is 1.24 bits per heavy atom. The SMILES string of the molecule is COc1ccc(N/C(=C\C(=O)OC(C)C)C(F)(F)F)cc1. The van der Waals surface area contributed by atoms with Crippen LogP contribution in [0.3, 0.4) is 0 Å². The maximum Gasteiger partial charge on any atom is 0.431 e. The topological polar surface area (TPSA) is 47.6 Å². The summed E-state index contributed by atoms with van der Waals surface area (Å²) in [5, 5.41) is 2.15. The number of hydrogen-bond acceptors (Lipinski definition) is 4. The predicted molar refractivity (Wildman–Crippen MR) is 72.0 cm³/mol. The molecule has 0 amide bonds. The number of esters is 1. The largest absolute Gasteiger partial charge is 0.497 e. The van der Waals surface area contributed by atoms with E-state index < -0.39 is 23.9 Å². The lowest BCUT2D eigenvalue weighted by atomic mass is 10.2. The Morgan fingerprint density at radius 3 is 2.24 bits per heavy atom. The summed E-state index contributed by atoms with van der Waals surface area (Å²) in [7, 11) is 1.45. The van der Waals surface area contributed by atoms with Crippen molar-refractivity contribution in [1.29, 1.82) is 0 Å². The smallest absolute Gasteiger partial charge is 0.431 e. The average Bonchev–Trinajstić information content (AvgIpc) is 2.36. The molecule has 0 aliphatic rings. The number of benzene rings is 1. The van der Waals surface area contributed by atoms with Crippen LogP contribution in [0.15, 0.2) is 36.0 Å². The number of methoxy groups -OCH3 is 1. The van der Waals surface area contributed by atoms with Gasteiger partial charge in [0.15, 0.2) is 0 Å². The van der Waals surface area contributed by atoms with Gasteiger partial charge in [-0.2, -0.15) is 13.2 Å². The molecule has 0 spiro atoms. The van der Waals surface area contributed by atoms with Crippen molar-refractivity contribution in [3.05, 3.63) is 36.0 Å². The minimum atomic E-state index is -4.70. The molecule has 0 saturated carbocycles. The summed E-state index contributed by atoms with van der Waals surface area (Å²) < 4.78 is 48.2. The van der Waals surface area contributed by atoms with Crippen LogP contribution in [0.2, 0.25) is 0 Å². The quantitative estimate of drug-likeness (QED) is 0.668. The number of nitrogens with one attached hydrogen (secondary N) is 1. The van der Waals surface area contributed by atoms with E-state index in [0.717, 1.165) is 0 Å². The Hall–Kier alpha value is -2.18. The fourth-order valence-electron chi connectivity index (χ4n) is 1.40. The first-order valence-corrected chi connectivity index (χ1v) is 6.13. The molecule has 4 nitrogen and oxygen atoms in total. The second kappa shape index (κ2) is 7.01. The summed E-state index contributed by atoms with van der Waals surface area (Å²) in [5.41, 5.74) is -1.02. The highest BCUT2D eigenvalue weighted by Crippen LogP contribution is 2.27. The van der Waals surface area contributed by atoms with Gasteiger partial charge in [-0.25, -0.2) is 4.79 Å². The van der Waals surface area contributed by atoms with Crippen LogP contribution in [-0.4, -0.2) is 25.4 Å². The van der Waals surface area contributed by atoms with Gasteiger partial charge in [-0.15, -0.1) is 0 Å². The van der Waals surface area contributed by atoms with Crippen LogP contribution < -0.4 is 10.1 Å². The summed E-state index contributed by atoms with van der Waals surface area (Å²) in [6, 6.07) is 5.82. The molecule has 0 aliphatic carbocycles. The number of rotatable bonds is 5. The molecular weight excluding hydrogens is 287 g/mol.